The van der Waals surface area contributed by atoms with Crippen LogP contribution in [-0.4, -0.2) is 26.2 Å². The number of rotatable bonds is 4. The number of nitrogens with one attached hydrogen (secondary N) is 1. The highest BCUT2D eigenvalue weighted by atomic mass is 32.2. The summed E-state index contributed by atoms with van der Waals surface area (Å²) in [6.45, 7) is 1.87. The third kappa shape index (κ3) is 3.06. The Morgan fingerprint density at radius 1 is 1.41 bits per heavy atom. The molecule has 0 saturated carbocycles. The molecule has 0 radical (unpaired) electrons. The molecule has 114 valence electrons. The number of thioether (sulfide) groups is 1. The van der Waals surface area contributed by atoms with Gasteiger partial charge >= 0.3 is 0 Å². The quantitative estimate of drug-likeness (QED) is 0.577. The van der Waals surface area contributed by atoms with Crippen molar-refractivity contribution >= 4 is 55.7 Å². The summed E-state index contributed by atoms with van der Waals surface area (Å²) in [6.07, 6.45) is 0. The van der Waals surface area contributed by atoms with Gasteiger partial charge in [0.05, 0.1) is 16.8 Å². The van der Waals surface area contributed by atoms with Crippen LogP contribution in [0.25, 0.3) is 10.2 Å². The Morgan fingerprint density at radius 2 is 2.23 bits per heavy atom. The fraction of sp³-hybridized carbons (Fsp3) is 0.231. The Bertz CT molecular complexity index is 896. The van der Waals surface area contributed by atoms with Crippen LogP contribution in [0.2, 0.25) is 0 Å². The molecule has 1 amide bonds. The van der Waals surface area contributed by atoms with E-state index in [1.54, 1.807) is 13.1 Å². The lowest BCUT2D eigenvalue weighted by Crippen LogP contribution is -2.20. The van der Waals surface area contributed by atoms with Crippen LogP contribution < -0.4 is 10.9 Å². The van der Waals surface area contributed by atoms with Gasteiger partial charge in [0, 0.05) is 12.4 Å². The molecular formula is C13H12N4O2S3. The first-order chi connectivity index (χ1) is 10.5. The molecule has 0 unspecified atom stereocenters. The van der Waals surface area contributed by atoms with Gasteiger partial charge in [-0.3, -0.25) is 14.2 Å². The minimum Gasteiger partial charge on any atom is -0.301 e. The number of carbonyl (C=O) groups excluding carboxylic acids is 1. The first-order valence-electron chi connectivity index (χ1n) is 6.33. The number of hydrogen-bond donors (Lipinski definition) is 1. The monoisotopic (exact) mass is 352 g/mol. The minimum absolute atomic E-state index is 0.0929. The predicted octanol–water partition coefficient (Wildman–Crippen LogP) is 2.49. The van der Waals surface area contributed by atoms with Crippen LogP contribution in [-0.2, 0) is 11.8 Å². The maximum Gasteiger partial charge on any atom is 0.262 e. The SMILES string of the molecule is Cc1csc(NC(=O)CSc2nc3sccc3c(=O)n2C)n1. The van der Waals surface area contributed by atoms with Crippen molar-refractivity contribution in [1.82, 2.24) is 14.5 Å². The van der Waals surface area contributed by atoms with Gasteiger partial charge in [-0.05, 0) is 18.4 Å². The summed E-state index contributed by atoms with van der Waals surface area (Å²) in [5, 5.41) is 8.17. The lowest BCUT2D eigenvalue weighted by Gasteiger charge is -2.06. The van der Waals surface area contributed by atoms with Crippen LogP contribution in [0.5, 0.6) is 0 Å². The zero-order valence-electron chi connectivity index (χ0n) is 11.8. The minimum atomic E-state index is -0.167. The molecule has 1 N–H and O–H groups in total. The number of anilines is 1. The van der Waals surface area contributed by atoms with E-state index in [-0.39, 0.29) is 17.2 Å². The number of carbonyl (C=O) groups is 1. The molecule has 0 aliphatic rings. The average molecular weight is 352 g/mol. The predicted molar refractivity (Wildman–Crippen MR) is 91.1 cm³/mol. The van der Waals surface area contributed by atoms with Gasteiger partial charge in [0.25, 0.3) is 5.56 Å². The highest BCUT2D eigenvalue weighted by Gasteiger charge is 2.12. The van der Waals surface area contributed by atoms with Gasteiger partial charge in [-0.25, -0.2) is 9.97 Å². The number of fused-ring (bicyclic) bond motifs is 1. The van der Waals surface area contributed by atoms with E-state index in [0.29, 0.717) is 20.5 Å². The van der Waals surface area contributed by atoms with E-state index in [1.807, 2.05) is 17.7 Å². The summed E-state index contributed by atoms with van der Waals surface area (Å²) in [5.74, 6) is 0.00960. The van der Waals surface area contributed by atoms with E-state index in [4.69, 9.17) is 0 Å². The lowest BCUT2D eigenvalue weighted by molar-refractivity contribution is -0.113. The molecule has 0 aromatic carbocycles. The smallest absolute Gasteiger partial charge is 0.262 e. The van der Waals surface area contributed by atoms with Crippen molar-refractivity contribution in [3.05, 3.63) is 32.9 Å². The van der Waals surface area contributed by atoms with Crippen molar-refractivity contribution < 1.29 is 4.79 Å². The van der Waals surface area contributed by atoms with Gasteiger partial charge in [0.15, 0.2) is 10.3 Å². The Morgan fingerprint density at radius 3 is 2.95 bits per heavy atom. The van der Waals surface area contributed by atoms with Crippen molar-refractivity contribution in [2.24, 2.45) is 7.05 Å². The van der Waals surface area contributed by atoms with Gasteiger partial charge in [-0.1, -0.05) is 11.8 Å². The van der Waals surface area contributed by atoms with Crippen molar-refractivity contribution in [2.45, 2.75) is 12.1 Å². The first-order valence-corrected chi connectivity index (χ1v) is 9.08. The number of thiophene rings is 1. The zero-order chi connectivity index (χ0) is 15.7. The van der Waals surface area contributed by atoms with Gasteiger partial charge < -0.3 is 5.32 Å². The molecule has 3 heterocycles. The molecule has 3 aromatic heterocycles. The number of aryl methyl sites for hydroxylation is 1. The third-order valence-electron chi connectivity index (χ3n) is 2.86. The summed E-state index contributed by atoms with van der Waals surface area (Å²) < 4.78 is 1.47. The highest BCUT2D eigenvalue weighted by Crippen LogP contribution is 2.21. The second-order valence-electron chi connectivity index (χ2n) is 4.53. The average Bonchev–Trinajstić information content (AvgIpc) is 3.10. The maximum absolute atomic E-state index is 12.2. The molecule has 0 spiro atoms. The number of hydrogen-bond acceptors (Lipinski definition) is 7. The van der Waals surface area contributed by atoms with E-state index in [2.05, 4.69) is 15.3 Å². The zero-order valence-corrected chi connectivity index (χ0v) is 14.3. The molecular weight excluding hydrogens is 340 g/mol. The van der Waals surface area contributed by atoms with E-state index in [9.17, 15) is 9.59 Å². The largest absolute Gasteiger partial charge is 0.301 e. The Balaban J connectivity index is 1.72. The van der Waals surface area contributed by atoms with E-state index >= 15 is 0 Å². The van der Waals surface area contributed by atoms with Crippen LogP contribution in [0.3, 0.4) is 0 Å². The van der Waals surface area contributed by atoms with Crippen LogP contribution in [0.15, 0.2) is 26.8 Å². The Hall–Kier alpha value is -1.71. The fourth-order valence-corrected chi connectivity index (χ4v) is 4.09. The topological polar surface area (TPSA) is 76.9 Å². The molecule has 22 heavy (non-hydrogen) atoms. The molecule has 0 saturated heterocycles. The summed E-state index contributed by atoms with van der Waals surface area (Å²) >= 11 is 4.04. The molecule has 0 aliphatic carbocycles. The summed E-state index contributed by atoms with van der Waals surface area (Å²) in [5.41, 5.74) is 0.782. The second-order valence-corrected chi connectivity index (χ2v) is 7.22. The number of amides is 1. The molecule has 3 aromatic rings. The highest BCUT2D eigenvalue weighted by molar-refractivity contribution is 7.99. The van der Waals surface area contributed by atoms with Crippen LogP contribution >= 0.6 is 34.4 Å². The van der Waals surface area contributed by atoms with Crippen molar-refractivity contribution in [3.8, 4) is 0 Å². The van der Waals surface area contributed by atoms with Crippen molar-refractivity contribution in [3.63, 3.8) is 0 Å². The molecule has 0 fully saturated rings. The number of aromatic nitrogens is 3. The van der Waals surface area contributed by atoms with Crippen LogP contribution in [0, 0.1) is 6.92 Å². The summed E-state index contributed by atoms with van der Waals surface area (Å²) in [6, 6.07) is 1.77. The molecule has 0 bridgehead atoms. The third-order valence-corrected chi connectivity index (χ3v) is 5.57. The molecule has 0 aliphatic heterocycles. The van der Waals surface area contributed by atoms with E-state index < -0.39 is 0 Å². The Kier molecular flexibility index (Phi) is 4.27. The summed E-state index contributed by atoms with van der Waals surface area (Å²) in [7, 11) is 1.66. The fourth-order valence-electron chi connectivity index (χ4n) is 1.81. The van der Waals surface area contributed by atoms with Crippen molar-refractivity contribution in [2.75, 3.05) is 11.1 Å². The Labute approximate surface area is 138 Å². The van der Waals surface area contributed by atoms with Gasteiger partial charge in [0.2, 0.25) is 5.91 Å². The van der Waals surface area contributed by atoms with Gasteiger partial charge in [-0.2, -0.15) is 0 Å². The second kappa shape index (κ2) is 6.19. The van der Waals surface area contributed by atoms with Gasteiger partial charge in [-0.15, -0.1) is 22.7 Å². The number of thiazole rings is 1. The molecule has 3 rings (SSSR count). The number of nitrogens with zero attached hydrogens (tertiary/aromatic N) is 3. The molecule has 9 heteroatoms. The summed E-state index contributed by atoms with van der Waals surface area (Å²) in [4.78, 5) is 33.4. The van der Waals surface area contributed by atoms with Crippen LogP contribution in [0.1, 0.15) is 5.69 Å². The maximum atomic E-state index is 12.2. The van der Waals surface area contributed by atoms with Gasteiger partial charge in [0.1, 0.15) is 4.83 Å². The van der Waals surface area contributed by atoms with E-state index in [1.165, 1.54) is 39.0 Å². The van der Waals surface area contributed by atoms with Crippen molar-refractivity contribution in [1.29, 1.82) is 0 Å². The van der Waals surface area contributed by atoms with E-state index in [0.717, 1.165) is 5.69 Å². The van der Waals surface area contributed by atoms with Crippen LogP contribution in [0.4, 0.5) is 5.13 Å². The lowest BCUT2D eigenvalue weighted by atomic mass is 10.4. The molecule has 0 atom stereocenters. The first kappa shape index (κ1) is 15.2. The normalized spacial score (nSPS) is 11.0. The molecule has 6 nitrogen and oxygen atoms in total. The standard InChI is InChI=1S/C13H12N4O2S3/c1-7-5-21-12(14-7)15-9(18)6-22-13-16-10-8(3-4-20-10)11(19)17(13)2/h3-5H,6H2,1-2H3,(H,14,15,18).